The quantitative estimate of drug-likeness (QED) is 0.767. The first kappa shape index (κ1) is 12.5. The van der Waals surface area contributed by atoms with E-state index in [0.29, 0.717) is 11.8 Å². The maximum atomic E-state index is 11.7. The average Bonchev–Trinajstić information content (AvgIpc) is 2.26. The van der Waals surface area contributed by atoms with E-state index in [9.17, 15) is 9.90 Å². The summed E-state index contributed by atoms with van der Waals surface area (Å²) in [5.74, 6) is 0.324. The molecule has 3 nitrogen and oxygen atoms in total. The smallest absolute Gasteiger partial charge is 0.0679 e. The van der Waals surface area contributed by atoms with E-state index in [1.807, 2.05) is 0 Å². The van der Waals surface area contributed by atoms with E-state index in [2.05, 4.69) is 13.8 Å². The SMILES string of the molecule is COC(C)(C)C12C[C@@H]3C[C@@H](CC(C(=O)[O-])(C3)C1)C2. The fraction of sp³-hybridized carbons (Fsp3) is 0.933. The van der Waals surface area contributed by atoms with Crippen molar-refractivity contribution in [3.63, 3.8) is 0 Å². The Morgan fingerprint density at radius 1 is 1.22 bits per heavy atom. The van der Waals surface area contributed by atoms with Gasteiger partial charge in [0.1, 0.15) is 0 Å². The summed E-state index contributed by atoms with van der Waals surface area (Å²) in [5, 5.41) is 11.7. The zero-order valence-electron chi connectivity index (χ0n) is 11.6. The predicted molar refractivity (Wildman–Crippen MR) is 65.6 cm³/mol. The molecular formula is C15H23O3-. The molecule has 0 saturated heterocycles. The highest BCUT2D eigenvalue weighted by molar-refractivity contribution is 5.73. The number of aliphatic carboxylic acids is 1. The van der Waals surface area contributed by atoms with E-state index >= 15 is 0 Å². The number of carbonyl (C=O) groups is 1. The van der Waals surface area contributed by atoms with Crippen LogP contribution in [-0.2, 0) is 9.53 Å². The molecule has 4 aliphatic carbocycles. The lowest BCUT2D eigenvalue weighted by molar-refractivity contribution is -0.333. The van der Waals surface area contributed by atoms with Crippen LogP contribution in [0.2, 0.25) is 0 Å². The Labute approximate surface area is 109 Å². The molecule has 4 saturated carbocycles. The van der Waals surface area contributed by atoms with Crippen LogP contribution in [0.25, 0.3) is 0 Å². The largest absolute Gasteiger partial charge is 0.550 e. The van der Waals surface area contributed by atoms with Gasteiger partial charge in [-0.05, 0) is 64.2 Å². The number of hydrogen-bond acceptors (Lipinski definition) is 3. The summed E-state index contributed by atoms with van der Waals surface area (Å²) in [7, 11) is 1.75. The molecule has 0 radical (unpaired) electrons. The van der Waals surface area contributed by atoms with E-state index in [0.717, 1.165) is 32.1 Å². The van der Waals surface area contributed by atoms with E-state index in [1.54, 1.807) is 7.11 Å². The topological polar surface area (TPSA) is 49.4 Å². The lowest BCUT2D eigenvalue weighted by Gasteiger charge is -2.66. The highest BCUT2D eigenvalue weighted by atomic mass is 16.5. The molecule has 4 rings (SSSR count). The van der Waals surface area contributed by atoms with Gasteiger partial charge in [0, 0.05) is 23.9 Å². The average molecular weight is 251 g/mol. The second-order valence-electron chi connectivity index (χ2n) is 7.52. The summed E-state index contributed by atoms with van der Waals surface area (Å²) in [6.07, 6.45) is 5.94. The van der Waals surface area contributed by atoms with Gasteiger partial charge in [-0.3, -0.25) is 0 Å². The number of ether oxygens (including phenoxy) is 1. The summed E-state index contributed by atoms with van der Waals surface area (Å²) in [6.45, 7) is 4.26. The second-order valence-corrected chi connectivity index (χ2v) is 7.52. The molecule has 4 aliphatic rings. The van der Waals surface area contributed by atoms with E-state index in [-0.39, 0.29) is 11.0 Å². The number of hydrogen-bond donors (Lipinski definition) is 0. The molecule has 3 heteroatoms. The Morgan fingerprint density at radius 3 is 2.22 bits per heavy atom. The molecule has 0 aromatic heterocycles. The standard InChI is InChI=1S/C15H24O3/c1-13(2,18-3)15-7-10-4-11(8-15)6-14(5-10,9-15)12(16)17/h10-11H,4-9H2,1-3H3,(H,16,17)/p-1/t10-,11+,14?,15?. The van der Waals surface area contributed by atoms with Crippen molar-refractivity contribution in [3.05, 3.63) is 0 Å². The fourth-order valence-corrected chi connectivity index (χ4v) is 5.42. The van der Waals surface area contributed by atoms with Gasteiger partial charge in [0.05, 0.1) is 5.60 Å². The van der Waals surface area contributed by atoms with Crippen LogP contribution in [-0.4, -0.2) is 18.7 Å². The molecule has 4 fully saturated rings. The van der Waals surface area contributed by atoms with Crippen LogP contribution < -0.4 is 5.11 Å². The van der Waals surface area contributed by atoms with Crippen LogP contribution in [0.3, 0.4) is 0 Å². The zero-order valence-corrected chi connectivity index (χ0v) is 11.6. The molecule has 0 spiro atoms. The monoisotopic (exact) mass is 251 g/mol. The number of methoxy groups -OCH3 is 1. The Morgan fingerprint density at radius 2 is 1.78 bits per heavy atom. The molecule has 2 unspecified atom stereocenters. The van der Waals surface area contributed by atoms with Gasteiger partial charge in [0.15, 0.2) is 0 Å². The molecule has 0 aliphatic heterocycles. The molecule has 4 bridgehead atoms. The molecule has 0 aromatic rings. The number of carboxylic acids is 1. The van der Waals surface area contributed by atoms with Crippen LogP contribution >= 0.6 is 0 Å². The predicted octanol–water partition coefficient (Wildman–Crippen LogP) is 1.75. The fourth-order valence-electron chi connectivity index (χ4n) is 5.42. The van der Waals surface area contributed by atoms with Gasteiger partial charge in [-0.15, -0.1) is 0 Å². The zero-order chi connectivity index (χ0) is 13.2. The van der Waals surface area contributed by atoms with E-state index in [4.69, 9.17) is 4.74 Å². The van der Waals surface area contributed by atoms with Crippen LogP contribution in [0.1, 0.15) is 52.4 Å². The van der Waals surface area contributed by atoms with Crippen LogP contribution in [0.4, 0.5) is 0 Å². The minimum Gasteiger partial charge on any atom is -0.550 e. The summed E-state index contributed by atoms with van der Waals surface area (Å²) in [4.78, 5) is 11.7. The highest BCUT2D eigenvalue weighted by Gasteiger charge is 2.62. The van der Waals surface area contributed by atoms with Gasteiger partial charge in [-0.2, -0.15) is 0 Å². The highest BCUT2D eigenvalue weighted by Crippen LogP contribution is 2.68. The van der Waals surface area contributed by atoms with Crippen LogP contribution in [0, 0.1) is 22.7 Å². The van der Waals surface area contributed by atoms with Crippen molar-refractivity contribution in [2.75, 3.05) is 7.11 Å². The van der Waals surface area contributed by atoms with Gasteiger partial charge in [-0.1, -0.05) is 0 Å². The number of carbonyl (C=O) groups excluding carboxylic acids is 1. The van der Waals surface area contributed by atoms with Gasteiger partial charge in [0.25, 0.3) is 0 Å². The molecule has 18 heavy (non-hydrogen) atoms. The molecule has 0 N–H and O–H groups in total. The van der Waals surface area contributed by atoms with Crippen LogP contribution in [0.5, 0.6) is 0 Å². The van der Waals surface area contributed by atoms with E-state index in [1.165, 1.54) is 6.42 Å². The Kier molecular flexibility index (Phi) is 2.42. The second kappa shape index (κ2) is 3.50. The van der Waals surface area contributed by atoms with E-state index < -0.39 is 11.4 Å². The maximum Gasteiger partial charge on any atom is 0.0679 e. The third-order valence-corrected chi connectivity index (χ3v) is 6.28. The molecular weight excluding hydrogens is 228 g/mol. The van der Waals surface area contributed by atoms with Gasteiger partial charge >= 0.3 is 0 Å². The minimum atomic E-state index is -0.812. The van der Waals surface area contributed by atoms with Crippen molar-refractivity contribution >= 4 is 5.97 Å². The normalized spacial score (nSPS) is 46.4. The van der Waals surface area contributed by atoms with Crippen molar-refractivity contribution in [2.45, 2.75) is 58.0 Å². The van der Waals surface area contributed by atoms with Crippen molar-refractivity contribution in [1.29, 1.82) is 0 Å². The summed E-state index contributed by atoms with van der Waals surface area (Å²) < 4.78 is 5.73. The van der Waals surface area contributed by atoms with Crippen molar-refractivity contribution in [1.82, 2.24) is 0 Å². The number of rotatable bonds is 3. The van der Waals surface area contributed by atoms with Gasteiger partial charge in [-0.25, -0.2) is 0 Å². The molecule has 0 amide bonds. The minimum absolute atomic E-state index is 0.0475. The van der Waals surface area contributed by atoms with Gasteiger partial charge in [0.2, 0.25) is 0 Å². The molecule has 0 aromatic carbocycles. The van der Waals surface area contributed by atoms with Crippen molar-refractivity contribution in [2.24, 2.45) is 22.7 Å². The first-order valence-corrected chi connectivity index (χ1v) is 7.09. The number of carboxylic acid groups (broad SMARTS) is 1. The summed E-state index contributed by atoms with van der Waals surface area (Å²) in [6, 6.07) is 0. The first-order valence-electron chi connectivity index (χ1n) is 7.09. The Balaban J connectivity index is 2.02. The molecule has 0 heterocycles. The van der Waals surface area contributed by atoms with Crippen molar-refractivity contribution < 1.29 is 14.6 Å². The van der Waals surface area contributed by atoms with Crippen molar-refractivity contribution in [3.8, 4) is 0 Å². The Bertz CT molecular complexity index is 371. The first-order chi connectivity index (χ1) is 8.32. The maximum absolute atomic E-state index is 11.7. The third-order valence-electron chi connectivity index (χ3n) is 6.28. The summed E-state index contributed by atoms with van der Waals surface area (Å²) in [5.41, 5.74) is -0.739. The van der Waals surface area contributed by atoms with Crippen LogP contribution in [0.15, 0.2) is 0 Å². The third kappa shape index (κ3) is 1.43. The lowest BCUT2D eigenvalue weighted by atomic mass is 9.41. The summed E-state index contributed by atoms with van der Waals surface area (Å²) >= 11 is 0. The molecule has 102 valence electrons. The lowest BCUT2D eigenvalue weighted by Crippen LogP contribution is -2.63. The molecule has 4 atom stereocenters. The Hall–Kier alpha value is -0.570. The van der Waals surface area contributed by atoms with Gasteiger partial charge < -0.3 is 14.6 Å².